The maximum Gasteiger partial charge on any atom is 0.425 e. The molecule has 35 heavy (non-hydrogen) atoms. The number of nitrogens with zero attached hydrogens (tertiary/aromatic N) is 4. The Balaban J connectivity index is 2.08. The number of hydrazone groups is 1. The first kappa shape index (κ1) is 26.5. The molecule has 9 nitrogen and oxygen atoms in total. The van der Waals surface area contributed by atoms with Gasteiger partial charge in [-0.15, -0.1) is 0 Å². The summed E-state index contributed by atoms with van der Waals surface area (Å²) in [6.45, 7) is 3.46. The number of aromatic nitrogens is 1. The number of amides is 1. The molecule has 0 aliphatic carbocycles. The van der Waals surface area contributed by atoms with Crippen LogP contribution in [0.1, 0.15) is 26.7 Å². The number of pyridine rings is 1. The molecule has 1 aromatic heterocycles. The Morgan fingerprint density at radius 3 is 2.69 bits per heavy atom. The van der Waals surface area contributed by atoms with Crippen molar-refractivity contribution in [2.75, 3.05) is 38.4 Å². The zero-order chi connectivity index (χ0) is 25.6. The smallest absolute Gasteiger partial charge is 0.425 e. The van der Waals surface area contributed by atoms with Crippen molar-refractivity contribution in [1.29, 1.82) is 0 Å². The van der Waals surface area contributed by atoms with Gasteiger partial charge < -0.3 is 19.3 Å². The van der Waals surface area contributed by atoms with E-state index >= 15 is 0 Å². The Hall–Kier alpha value is -3.12. The van der Waals surface area contributed by atoms with E-state index in [-0.39, 0.29) is 30.1 Å². The summed E-state index contributed by atoms with van der Waals surface area (Å²) in [4.78, 5) is 16.7. The number of hydrogen-bond acceptors (Lipinski definition) is 8. The molecule has 0 spiro atoms. The predicted molar refractivity (Wildman–Crippen MR) is 124 cm³/mol. The lowest BCUT2D eigenvalue weighted by atomic mass is 10.1. The summed E-state index contributed by atoms with van der Waals surface area (Å²) in [5.41, 5.74) is 0.373. The van der Waals surface area contributed by atoms with Crippen molar-refractivity contribution < 1.29 is 37.3 Å². The molecule has 0 radical (unpaired) electrons. The summed E-state index contributed by atoms with van der Waals surface area (Å²) in [6.07, 6.45) is -3.55. The first-order chi connectivity index (χ1) is 16.7. The molecule has 1 N–H and O–H groups in total. The first-order valence-corrected chi connectivity index (χ1v) is 11.2. The van der Waals surface area contributed by atoms with Crippen LogP contribution in [0, 0.1) is 0 Å². The highest BCUT2D eigenvalue weighted by molar-refractivity contribution is 5.96. The number of carbonyl (C=O) groups is 1. The zero-order valence-electron chi connectivity index (χ0n) is 19.8. The molecule has 0 bridgehead atoms. The van der Waals surface area contributed by atoms with Gasteiger partial charge in [0.1, 0.15) is 18.5 Å². The highest BCUT2D eigenvalue weighted by Gasteiger charge is 2.38. The molecule has 2 heterocycles. The van der Waals surface area contributed by atoms with E-state index in [4.69, 9.17) is 14.2 Å². The summed E-state index contributed by atoms with van der Waals surface area (Å²) >= 11 is 0. The number of benzene rings is 1. The van der Waals surface area contributed by atoms with Crippen LogP contribution in [0.2, 0.25) is 0 Å². The Morgan fingerprint density at radius 2 is 2.09 bits per heavy atom. The number of likely N-dealkylation sites (N-methyl/N-ethyl adjacent to an activating group) is 1. The largest absolute Gasteiger partial charge is 0.480 e. The summed E-state index contributed by atoms with van der Waals surface area (Å²) in [5, 5.41) is 16.1. The van der Waals surface area contributed by atoms with Gasteiger partial charge in [-0.25, -0.2) is 4.98 Å². The molecule has 1 aliphatic rings. The third-order valence-electron chi connectivity index (χ3n) is 5.57. The van der Waals surface area contributed by atoms with E-state index in [0.717, 1.165) is 6.92 Å². The van der Waals surface area contributed by atoms with Gasteiger partial charge in [-0.2, -0.15) is 18.3 Å². The topological polar surface area (TPSA) is 96.7 Å². The van der Waals surface area contributed by atoms with Gasteiger partial charge >= 0.3 is 6.18 Å². The van der Waals surface area contributed by atoms with Crippen molar-refractivity contribution in [3.63, 3.8) is 0 Å². The van der Waals surface area contributed by atoms with Gasteiger partial charge in [0.05, 0.1) is 24.3 Å². The quantitative estimate of drug-likeness (QED) is 0.245. The number of aliphatic hydroxyl groups excluding tert-OH is 1. The fourth-order valence-electron chi connectivity index (χ4n) is 3.54. The lowest BCUT2D eigenvalue weighted by Gasteiger charge is -2.25. The molecule has 1 unspecified atom stereocenters. The normalized spacial score (nSPS) is 16.1. The number of amidine groups is 1. The molecular formula is C23H29F3N4O5. The van der Waals surface area contributed by atoms with E-state index in [1.165, 1.54) is 22.2 Å². The standard InChI is InChI=1S/C23H29F3N4O5/c1-4-30(14-32)20(13-31)28-29(3)17-11-16-5-8-27-22(35-18-6-9-33-10-7-18)21(16)19(12-17)34-15(2)23(24,25)26/h5,8,11-12,14-15,18,31H,4,6-7,9-10,13H2,1-3H3/b28-20-. The maximum atomic E-state index is 13.4. The van der Waals surface area contributed by atoms with Crippen LogP contribution < -0.4 is 14.5 Å². The van der Waals surface area contributed by atoms with E-state index in [1.807, 2.05) is 0 Å². The van der Waals surface area contributed by atoms with Crippen molar-refractivity contribution in [3.8, 4) is 11.6 Å². The van der Waals surface area contributed by atoms with Crippen molar-refractivity contribution in [1.82, 2.24) is 9.88 Å². The number of alkyl halides is 3. The molecule has 1 aliphatic heterocycles. The summed E-state index contributed by atoms with van der Waals surface area (Å²) in [7, 11) is 1.55. The molecule has 1 atom stereocenters. The Morgan fingerprint density at radius 1 is 1.37 bits per heavy atom. The van der Waals surface area contributed by atoms with Gasteiger partial charge in [0, 0.05) is 38.7 Å². The van der Waals surface area contributed by atoms with Gasteiger partial charge in [0.25, 0.3) is 0 Å². The van der Waals surface area contributed by atoms with Gasteiger partial charge in [-0.05, 0) is 31.4 Å². The Labute approximate surface area is 201 Å². The lowest BCUT2D eigenvalue weighted by Crippen LogP contribution is -2.34. The molecule has 0 saturated carbocycles. The van der Waals surface area contributed by atoms with Gasteiger partial charge in [0.2, 0.25) is 12.3 Å². The van der Waals surface area contributed by atoms with Crippen molar-refractivity contribution in [2.45, 2.75) is 45.1 Å². The number of fused-ring (bicyclic) bond motifs is 1. The fourth-order valence-corrected chi connectivity index (χ4v) is 3.54. The van der Waals surface area contributed by atoms with Crippen molar-refractivity contribution >= 4 is 28.7 Å². The minimum atomic E-state index is -4.59. The lowest BCUT2D eigenvalue weighted by molar-refractivity contribution is -0.189. The summed E-state index contributed by atoms with van der Waals surface area (Å²) < 4.78 is 56.9. The zero-order valence-corrected chi connectivity index (χ0v) is 19.8. The third kappa shape index (κ3) is 6.51. The van der Waals surface area contributed by atoms with E-state index in [1.54, 1.807) is 26.1 Å². The average Bonchev–Trinajstić information content (AvgIpc) is 2.83. The van der Waals surface area contributed by atoms with E-state index in [0.29, 0.717) is 48.9 Å². The molecule has 3 rings (SSSR count). The Kier molecular flexibility index (Phi) is 8.73. The van der Waals surface area contributed by atoms with Crippen molar-refractivity contribution in [2.24, 2.45) is 5.10 Å². The van der Waals surface area contributed by atoms with Crippen LogP contribution in [0.15, 0.2) is 29.5 Å². The average molecular weight is 499 g/mol. The highest BCUT2D eigenvalue weighted by Crippen LogP contribution is 2.39. The van der Waals surface area contributed by atoms with Crippen LogP contribution in [-0.4, -0.2) is 79.0 Å². The minimum Gasteiger partial charge on any atom is -0.480 e. The van der Waals surface area contributed by atoms with Gasteiger partial charge in [0.15, 0.2) is 11.9 Å². The molecule has 1 fully saturated rings. The summed E-state index contributed by atoms with van der Waals surface area (Å²) in [5.74, 6) is 0.174. The molecular weight excluding hydrogens is 469 g/mol. The van der Waals surface area contributed by atoms with Crippen molar-refractivity contribution in [3.05, 3.63) is 24.4 Å². The van der Waals surface area contributed by atoms with Gasteiger partial charge in [-0.3, -0.25) is 14.7 Å². The molecule has 192 valence electrons. The Bertz CT molecular complexity index is 1040. The number of halogens is 3. The summed E-state index contributed by atoms with van der Waals surface area (Å²) in [6, 6.07) is 4.72. The predicted octanol–water partition coefficient (Wildman–Crippen LogP) is 3.34. The number of rotatable bonds is 9. The number of hydrogen-bond donors (Lipinski definition) is 1. The monoisotopic (exact) mass is 498 g/mol. The SMILES string of the molecule is CCN(C=O)/C(CO)=N\N(C)c1cc(OC(C)C(F)(F)F)c2c(OC3CCOCC3)nccc2c1. The molecule has 1 amide bonds. The number of aliphatic hydroxyl groups is 1. The van der Waals surface area contributed by atoms with Crippen LogP contribution in [0.3, 0.4) is 0 Å². The van der Waals surface area contributed by atoms with Crippen LogP contribution in [0.5, 0.6) is 11.6 Å². The van der Waals surface area contributed by atoms with Gasteiger partial charge in [-0.1, -0.05) is 0 Å². The van der Waals surface area contributed by atoms with Crippen LogP contribution in [-0.2, 0) is 9.53 Å². The van der Waals surface area contributed by atoms with Crippen LogP contribution >= 0.6 is 0 Å². The molecule has 1 aromatic carbocycles. The highest BCUT2D eigenvalue weighted by atomic mass is 19.4. The van der Waals surface area contributed by atoms with E-state index < -0.39 is 18.9 Å². The number of anilines is 1. The number of carbonyl (C=O) groups excluding carboxylic acids is 1. The maximum absolute atomic E-state index is 13.4. The van der Waals surface area contributed by atoms with E-state index in [9.17, 15) is 23.1 Å². The first-order valence-electron chi connectivity index (χ1n) is 11.2. The fraction of sp³-hybridized carbons (Fsp3) is 0.522. The molecule has 1 saturated heterocycles. The third-order valence-corrected chi connectivity index (χ3v) is 5.57. The molecule has 2 aromatic rings. The second-order valence-corrected chi connectivity index (χ2v) is 7.98. The van der Waals surface area contributed by atoms with Crippen LogP contribution in [0.25, 0.3) is 10.8 Å². The second kappa shape index (κ2) is 11.5. The minimum absolute atomic E-state index is 0.0761. The number of ether oxygens (including phenoxy) is 3. The van der Waals surface area contributed by atoms with Crippen LogP contribution in [0.4, 0.5) is 18.9 Å². The molecule has 12 heteroatoms. The second-order valence-electron chi connectivity index (χ2n) is 7.98. The van der Waals surface area contributed by atoms with E-state index in [2.05, 4.69) is 10.1 Å².